The summed E-state index contributed by atoms with van der Waals surface area (Å²) in [6.07, 6.45) is 1.10. The summed E-state index contributed by atoms with van der Waals surface area (Å²) in [5, 5.41) is 9.62. The lowest BCUT2D eigenvalue weighted by Crippen LogP contribution is -1.75. The summed E-state index contributed by atoms with van der Waals surface area (Å²) in [7, 11) is 0. The molecule has 0 amide bonds. The van der Waals surface area contributed by atoms with Gasteiger partial charge in [0.15, 0.2) is 0 Å². The fourth-order valence-corrected chi connectivity index (χ4v) is 3.37. The summed E-state index contributed by atoms with van der Waals surface area (Å²) in [5.74, 6) is 1.31. The van der Waals surface area contributed by atoms with Crippen molar-refractivity contribution in [3.63, 3.8) is 0 Å². The van der Waals surface area contributed by atoms with Crippen molar-refractivity contribution in [2.45, 2.75) is 24.0 Å². The van der Waals surface area contributed by atoms with Crippen molar-refractivity contribution >= 4 is 23.1 Å². The number of aryl methyl sites for hydroxylation is 1. The van der Waals surface area contributed by atoms with Crippen LogP contribution in [-0.2, 0) is 12.2 Å². The first-order chi connectivity index (χ1) is 7.79. The monoisotopic (exact) mass is 250 g/mol. The fourth-order valence-electron chi connectivity index (χ4n) is 1.42. The number of aromatic hydroxyl groups is 1. The number of rotatable bonds is 4. The molecule has 0 spiro atoms. The third-order valence-electron chi connectivity index (χ3n) is 2.30. The van der Waals surface area contributed by atoms with Crippen LogP contribution >= 0.6 is 23.1 Å². The van der Waals surface area contributed by atoms with E-state index in [1.54, 1.807) is 17.8 Å². The third-order valence-corrected chi connectivity index (χ3v) is 4.82. The largest absolute Gasteiger partial charge is 0.507 e. The summed E-state index contributed by atoms with van der Waals surface area (Å²) in [6, 6.07) is 11.8. The third kappa shape index (κ3) is 2.80. The molecule has 0 atom stereocenters. The van der Waals surface area contributed by atoms with Gasteiger partial charge in [-0.25, -0.2) is 0 Å². The van der Waals surface area contributed by atoms with E-state index >= 15 is 0 Å². The van der Waals surface area contributed by atoms with Crippen molar-refractivity contribution in [1.29, 1.82) is 0 Å². The van der Waals surface area contributed by atoms with Gasteiger partial charge in [-0.05, 0) is 30.7 Å². The molecular weight excluding hydrogens is 236 g/mol. The maximum Gasteiger partial charge on any atom is 0.129 e. The Morgan fingerprint density at radius 2 is 1.88 bits per heavy atom. The van der Waals surface area contributed by atoms with Crippen molar-refractivity contribution in [3.05, 3.63) is 46.2 Å². The normalized spacial score (nSPS) is 10.6. The molecule has 0 bridgehead atoms. The van der Waals surface area contributed by atoms with Gasteiger partial charge in [-0.15, -0.1) is 23.1 Å². The average Bonchev–Trinajstić information content (AvgIpc) is 2.76. The van der Waals surface area contributed by atoms with Gasteiger partial charge in [0.2, 0.25) is 0 Å². The summed E-state index contributed by atoms with van der Waals surface area (Å²) in [6.45, 7) is 2.17. The van der Waals surface area contributed by atoms with E-state index in [4.69, 9.17) is 0 Å². The van der Waals surface area contributed by atoms with Gasteiger partial charge < -0.3 is 5.11 Å². The number of phenols is 1. The highest BCUT2D eigenvalue weighted by Crippen LogP contribution is 2.32. The predicted octanol–water partition coefficient (Wildman–Crippen LogP) is 4.31. The number of hydrogen-bond acceptors (Lipinski definition) is 3. The molecule has 0 saturated heterocycles. The molecule has 0 fully saturated rings. The van der Waals surface area contributed by atoms with E-state index < -0.39 is 0 Å². The predicted molar refractivity (Wildman–Crippen MR) is 71.4 cm³/mol. The Bertz CT molecular complexity index is 462. The highest BCUT2D eigenvalue weighted by Gasteiger charge is 2.03. The Balaban J connectivity index is 1.99. The lowest BCUT2D eigenvalue weighted by molar-refractivity contribution is 0.462. The number of hydrogen-bond donors (Lipinski definition) is 1. The van der Waals surface area contributed by atoms with E-state index in [1.807, 2.05) is 29.5 Å². The van der Waals surface area contributed by atoms with E-state index in [-0.39, 0.29) is 0 Å². The SMILES string of the molecule is CCc1ccc(CSc2ccccc2O)s1. The minimum absolute atomic E-state index is 0.375. The van der Waals surface area contributed by atoms with E-state index in [9.17, 15) is 5.11 Å². The average molecular weight is 250 g/mol. The van der Waals surface area contributed by atoms with Crippen LogP contribution < -0.4 is 0 Å². The zero-order chi connectivity index (χ0) is 11.4. The van der Waals surface area contributed by atoms with Gasteiger partial charge in [0.25, 0.3) is 0 Å². The van der Waals surface area contributed by atoms with Gasteiger partial charge in [0, 0.05) is 20.4 Å². The van der Waals surface area contributed by atoms with Crippen molar-refractivity contribution in [3.8, 4) is 5.75 Å². The van der Waals surface area contributed by atoms with Crippen LogP contribution in [0.5, 0.6) is 5.75 Å². The molecule has 0 saturated carbocycles. The number of para-hydroxylation sites is 1. The molecule has 1 nitrogen and oxygen atoms in total. The molecule has 84 valence electrons. The summed E-state index contributed by atoms with van der Waals surface area (Å²) in [4.78, 5) is 3.74. The van der Waals surface area contributed by atoms with Crippen LogP contribution in [0.2, 0.25) is 0 Å². The molecule has 0 aliphatic carbocycles. The highest BCUT2D eigenvalue weighted by molar-refractivity contribution is 7.98. The van der Waals surface area contributed by atoms with Crippen molar-refractivity contribution in [2.75, 3.05) is 0 Å². The number of benzene rings is 1. The number of phenolic OH excluding ortho intramolecular Hbond substituents is 1. The van der Waals surface area contributed by atoms with Gasteiger partial charge in [0.1, 0.15) is 5.75 Å². The molecule has 16 heavy (non-hydrogen) atoms. The van der Waals surface area contributed by atoms with Gasteiger partial charge in [-0.1, -0.05) is 19.1 Å². The van der Waals surface area contributed by atoms with Gasteiger partial charge in [-0.2, -0.15) is 0 Å². The molecule has 1 aromatic heterocycles. The minimum atomic E-state index is 0.375. The molecule has 2 aromatic rings. The van der Waals surface area contributed by atoms with Crippen LogP contribution in [0.15, 0.2) is 41.3 Å². The summed E-state index contributed by atoms with van der Waals surface area (Å²) < 4.78 is 0. The Hall–Kier alpha value is -0.930. The first kappa shape index (κ1) is 11.6. The van der Waals surface area contributed by atoms with Crippen molar-refractivity contribution in [2.24, 2.45) is 0 Å². The highest BCUT2D eigenvalue weighted by atomic mass is 32.2. The molecule has 0 aliphatic rings. The Morgan fingerprint density at radius 1 is 1.12 bits per heavy atom. The van der Waals surface area contributed by atoms with Crippen molar-refractivity contribution in [1.82, 2.24) is 0 Å². The van der Waals surface area contributed by atoms with Gasteiger partial charge >= 0.3 is 0 Å². The summed E-state index contributed by atoms with van der Waals surface area (Å²) in [5.41, 5.74) is 0. The summed E-state index contributed by atoms with van der Waals surface area (Å²) >= 11 is 3.54. The standard InChI is InChI=1S/C13H14OS2/c1-2-10-7-8-11(16-10)9-15-13-6-4-3-5-12(13)14/h3-8,14H,2,9H2,1H3. The molecule has 3 heteroatoms. The van der Waals surface area contributed by atoms with Crippen LogP contribution in [0.4, 0.5) is 0 Å². The first-order valence-corrected chi connectivity index (χ1v) is 7.08. The molecule has 0 aliphatic heterocycles. The quantitative estimate of drug-likeness (QED) is 0.816. The molecule has 1 aromatic carbocycles. The zero-order valence-electron chi connectivity index (χ0n) is 9.14. The van der Waals surface area contributed by atoms with Crippen molar-refractivity contribution < 1.29 is 5.11 Å². The maximum atomic E-state index is 9.62. The molecule has 1 heterocycles. The minimum Gasteiger partial charge on any atom is -0.507 e. The van der Waals surface area contributed by atoms with E-state index in [0.29, 0.717) is 5.75 Å². The Morgan fingerprint density at radius 3 is 2.56 bits per heavy atom. The first-order valence-electron chi connectivity index (χ1n) is 5.28. The van der Waals surface area contributed by atoms with Crippen LogP contribution in [0, 0.1) is 0 Å². The molecule has 1 N–H and O–H groups in total. The number of thiophene rings is 1. The Kier molecular flexibility index (Phi) is 3.91. The second-order valence-corrected chi connectivity index (χ2v) is 5.75. The van der Waals surface area contributed by atoms with Crippen LogP contribution in [0.3, 0.4) is 0 Å². The second kappa shape index (κ2) is 5.41. The smallest absolute Gasteiger partial charge is 0.129 e. The van der Waals surface area contributed by atoms with E-state index in [1.165, 1.54) is 9.75 Å². The zero-order valence-corrected chi connectivity index (χ0v) is 10.8. The molecule has 0 radical (unpaired) electrons. The lowest BCUT2D eigenvalue weighted by Gasteiger charge is -2.01. The number of thioether (sulfide) groups is 1. The topological polar surface area (TPSA) is 20.2 Å². The Labute approximate surface area is 104 Å². The molecule has 2 rings (SSSR count). The van der Waals surface area contributed by atoms with Crippen LogP contribution in [0.25, 0.3) is 0 Å². The van der Waals surface area contributed by atoms with Gasteiger partial charge in [0.05, 0.1) is 0 Å². The molecule has 0 unspecified atom stereocenters. The maximum absolute atomic E-state index is 9.62. The second-order valence-electron chi connectivity index (χ2n) is 3.48. The molecular formula is C13H14OS2. The van der Waals surface area contributed by atoms with E-state index in [2.05, 4.69) is 19.1 Å². The fraction of sp³-hybridized carbons (Fsp3) is 0.231. The van der Waals surface area contributed by atoms with E-state index in [0.717, 1.165) is 17.1 Å². The lowest BCUT2D eigenvalue weighted by atomic mass is 10.3. The van der Waals surface area contributed by atoms with Gasteiger partial charge in [-0.3, -0.25) is 0 Å². The van der Waals surface area contributed by atoms with Crippen LogP contribution in [0.1, 0.15) is 16.7 Å². The van der Waals surface area contributed by atoms with Crippen LogP contribution in [-0.4, -0.2) is 5.11 Å².